The Kier molecular flexibility index (Phi) is 3.79. The zero-order chi connectivity index (χ0) is 18.0. The average Bonchev–Trinajstić information content (AvgIpc) is 2.58. The first kappa shape index (κ1) is 17.0. The molecule has 4 aliphatic heterocycles. The molecule has 4 saturated heterocycles. The Morgan fingerprint density at radius 3 is 1.72 bits per heavy atom. The van der Waals surface area contributed by atoms with Gasteiger partial charge in [-0.3, -0.25) is 14.6 Å². The van der Waals surface area contributed by atoms with Crippen molar-refractivity contribution in [3.63, 3.8) is 0 Å². The number of methoxy groups -OCH3 is 1. The normalized spacial score (nSPS) is 39.5. The first-order valence-electron chi connectivity index (χ1n) is 9.51. The number of carbonyl (C=O) groups excluding carboxylic acids is 1. The number of piperidine rings is 2. The van der Waals surface area contributed by atoms with E-state index >= 15 is 0 Å². The minimum atomic E-state index is -0.205. The molecule has 1 aromatic carbocycles. The lowest BCUT2D eigenvalue weighted by Crippen LogP contribution is -2.78. The van der Waals surface area contributed by atoms with E-state index < -0.39 is 0 Å². The number of ether oxygens (including phenoxy) is 1. The maximum absolute atomic E-state index is 13.6. The molecule has 4 fully saturated rings. The summed E-state index contributed by atoms with van der Waals surface area (Å²) in [5.74, 6) is 2.18. The highest BCUT2D eigenvalue weighted by Gasteiger charge is 2.67. The van der Waals surface area contributed by atoms with E-state index in [1.165, 1.54) is 5.56 Å². The molecule has 0 amide bonds. The number of rotatable bonds is 4. The fourth-order valence-electron chi connectivity index (χ4n) is 5.47. The standard InChI is InChI=1S/C21H30N2O2/c1-14(2)20-10-22-12-21(15(3)4,19(20)24)13-23(11-20)18(22)16-6-8-17(25-5)9-7-16/h6-9,14-15,18H,10-13H2,1-5H3. The number of hydrogen-bond acceptors (Lipinski definition) is 4. The van der Waals surface area contributed by atoms with E-state index in [1.54, 1.807) is 7.11 Å². The van der Waals surface area contributed by atoms with Crippen LogP contribution in [0.5, 0.6) is 5.75 Å². The van der Waals surface area contributed by atoms with Crippen molar-refractivity contribution in [3.05, 3.63) is 29.8 Å². The minimum absolute atomic E-state index is 0.205. The van der Waals surface area contributed by atoms with Crippen LogP contribution in [0.4, 0.5) is 0 Å². The van der Waals surface area contributed by atoms with Crippen molar-refractivity contribution in [2.75, 3.05) is 33.3 Å². The summed E-state index contributed by atoms with van der Waals surface area (Å²) in [6.45, 7) is 12.5. The fourth-order valence-corrected chi connectivity index (χ4v) is 5.47. The van der Waals surface area contributed by atoms with Crippen molar-refractivity contribution >= 4 is 5.78 Å². The molecule has 0 N–H and O–H groups in total. The van der Waals surface area contributed by atoms with Crippen LogP contribution >= 0.6 is 0 Å². The van der Waals surface area contributed by atoms with Crippen molar-refractivity contribution in [2.24, 2.45) is 22.7 Å². The Morgan fingerprint density at radius 2 is 1.36 bits per heavy atom. The van der Waals surface area contributed by atoms with Gasteiger partial charge >= 0.3 is 0 Å². The first-order chi connectivity index (χ1) is 11.8. The molecule has 1 aromatic rings. The second-order valence-corrected chi connectivity index (χ2v) is 8.91. The average molecular weight is 342 g/mol. The van der Waals surface area contributed by atoms with Crippen LogP contribution in [-0.2, 0) is 4.79 Å². The highest BCUT2D eigenvalue weighted by molar-refractivity contribution is 5.94. The van der Waals surface area contributed by atoms with Crippen molar-refractivity contribution in [2.45, 2.75) is 33.9 Å². The SMILES string of the molecule is COc1ccc(C2N3CC4(C(C)C)CN2CC(C(C)C)(C3)C4=O)cc1. The van der Waals surface area contributed by atoms with Crippen molar-refractivity contribution in [1.29, 1.82) is 0 Å². The second-order valence-electron chi connectivity index (χ2n) is 8.91. The van der Waals surface area contributed by atoms with E-state index in [-0.39, 0.29) is 17.0 Å². The van der Waals surface area contributed by atoms with Crippen LogP contribution in [0, 0.1) is 22.7 Å². The maximum atomic E-state index is 13.6. The molecule has 4 bridgehead atoms. The lowest BCUT2D eigenvalue weighted by molar-refractivity contribution is -0.217. The van der Waals surface area contributed by atoms with E-state index in [0.29, 0.717) is 17.6 Å². The molecule has 5 rings (SSSR count). The molecule has 4 heteroatoms. The van der Waals surface area contributed by atoms with E-state index in [2.05, 4.69) is 49.6 Å². The van der Waals surface area contributed by atoms with Crippen LogP contribution in [0.3, 0.4) is 0 Å². The fraction of sp³-hybridized carbons (Fsp3) is 0.667. The van der Waals surface area contributed by atoms with Crippen LogP contribution in [0.1, 0.15) is 39.4 Å². The summed E-state index contributed by atoms with van der Waals surface area (Å²) in [4.78, 5) is 18.7. The Bertz CT molecular complexity index is 634. The zero-order valence-electron chi connectivity index (χ0n) is 16.1. The summed E-state index contributed by atoms with van der Waals surface area (Å²) in [6.07, 6.45) is 0.290. The highest BCUT2D eigenvalue weighted by atomic mass is 16.5. The van der Waals surface area contributed by atoms with Crippen molar-refractivity contribution in [1.82, 2.24) is 9.80 Å². The summed E-state index contributed by atoms with van der Waals surface area (Å²) in [5.41, 5.74) is 0.901. The molecule has 0 spiro atoms. The van der Waals surface area contributed by atoms with E-state index in [0.717, 1.165) is 31.9 Å². The van der Waals surface area contributed by atoms with Crippen LogP contribution in [0.25, 0.3) is 0 Å². The van der Waals surface area contributed by atoms with Crippen molar-refractivity contribution < 1.29 is 9.53 Å². The van der Waals surface area contributed by atoms with E-state index in [1.807, 2.05) is 12.1 Å². The summed E-state index contributed by atoms with van der Waals surface area (Å²) < 4.78 is 5.31. The predicted molar refractivity (Wildman–Crippen MR) is 98.4 cm³/mol. The minimum Gasteiger partial charge on any atom is -0.497 e. The van der Waals surface area contributed by atoms with Crippen LogP contribution in [-0.4, -0.2) is 48.9 Å². The molecular formula is C21H30N2O2. The number of carbonyl (C=O) groups is 1. The van der Waals surface area contributed by atoms with Gasteiger partial charge in [-0.15, -0.1) is 0 Å². The molecular weight excluding hydrogens is 312 g/mol. The third kappa shape index (κ3) is 2.16. The number of nitrogens with zero attached hydrogens (tertiary/aromatic N) is 2. The lowest BCUT2D eigenvalue weighted by atomic mass is 9.53. The molecule has 136 valence electrons. The van der Waals surface area contributed by atoms with Crippen molar-refractivity contribution in [3.8, 4) is 5.75 Å². The number of ketones is 1. The highest BCUT2D eigenvalue weighted by Crippen LogP contribution is 2.57. The molecule has 4 nitrogen and oxygen atoms in total. The van der Waals surface area contributed by atoms with Gasteiger partial charge in [-0.05, 0) is 29.5 Å². The van der Waals surface area contributed by atoms with Gasteiger partial charge in [0.15, 0.2) is 5.78 Å². The smallest absolute Gasteiger partial charge is 0.150 e. The van der Waals surface area contributed by atoms with Gasteiger partial charge in [-0.25, -0.2) is 0 Å². The van der Waals surface area contributed by atoms with Crippen LogP contribution in [0.2, 0.25) is 0 Å². The van der Waals surface area contributed by atoms with E-state index in [9.17, 15) is 4.79 Å². The van der Waals surface area contributed by atoms with Crippen LogP contribution in [0.15, 0.2) is 24.3 Å². The monoisotopic (exact) mass is 342 g/mol. The van der Waals surface area contributed by atoms with Gasteiger partial charge in [0.25, 0.3) is 0 Å². The summed E-state index contributed by atoms with van der Waals surface area (Å²) >= 11 is 0. The Labute approximate surface area is 151 Å². The molecule has 0 aromatic heterocycles. The van der Waals surface area contributed by atoms with Gasteiger partial charge in [0.1, 0.15) is 5.75 Å². The molecule has 0 unspecified atom stereocenters. The number of Topliss-reactive ketones (excluding diaryl/α,β-unsaturated/α-hetero) is 1. The number of hydrogen-bond donors (Lipinski definition) is 0. The molecule has 4 aliphatic rings. The second kappa shape index (κ2) is 5.55. The third-order valence-electron chi connectivity index (χ3n) is 7.16. The summed E-state index contributed by atoms with van der Waals surface area (Å²) in [6, 6.07) is 8.45. The topological polar surface area (TPSA) is 32.8 Å². The lowest BCUT2D eigenvalue weighted by Gasteiger charge is -2.68. The maximum Gasteiger partial charge on any atom is 0.150 e. The van der Waals surface area contributed by atoms with Gasteiger partial charge < -0.3 is 4.74 Å². The van der Waals surface area contributed by atoms with Gasteiger partial charge in [-0.1, -0.05) is 39.8 Å². The third-order valence-corrected chi connectivity index (χ3v) is 7.16. The molecule has 0 saturated carbocycles. The van der Waals surface area contributed by atoms with Gasteiger partial charge in [0.2, 0.25) is 0 Å². The summed E-state index contributed by atoms with van der Waals surface area (Å²) in [5, 5.41) is 0. The largest absolute Gasteiger partial charge is 0.497 e. The quantitative estimate of drug-likeness (QED) is 0.841. The molecule has 25 heavy (non-hydrogen) atoms. The Balaban J connectivity index is 1.74. The van der Waals surface area contributed by atoms with Crippen LogP contribution < -0.4 is 4.74 Å². The number of benzene rings is 1. The molecule has 0 radical (unpaired) electrons. The van der Waals surface area contributed by atoms with Gasteiger partial charge in [0, 0.05) is 26.2 Å². The predicted octanol–water partition coefficient (Wildman–Crippen LogP) is 3.19. The Morgan fingerprint density at radius 1 is 0.920 bits per heavy atom. The molecule has 0 atom stereocenters. The Hall–Kier alpha value is -1.39. The van der Waals surface area contributed by atoms with E-state index in [4.69, 9.17) is 4.74 Å². The molecule has 4 heterocycles. The summed E-state index contributed by atoms with van der Waals surface area (Å²) in [7, 11) is 1.70. The van der Waals surface area contributed by atoms with Gasteiger partial charge in [-0.2, -0.15) is 0 Å². The molecule has 0 aliphatic carbocycles. The van der Waals surface area contributed by atoms with Gasteiger partial charge in [0.05, 0.1) is 24.1 Å². The first-order valence-corrected chi connectivity index (χ1v) is 9.51. The zero-order valence-corrected chi connectivity index (χ0v) is 16.1.